The molecule has 0 saturated carbocycles. The van der Waals surface area contributed by atoms with Crippen LogP contribution >= 0.6 is 11.9 Å². The second-order valence-corrected chi connectivity index (χ2v) is 5.31. The van der Waals surface area contributed by atoms with Gasteiger partial charge in [-0.3, -0.25) is 0 Å². The van der Waals surface area contributed by atoms with E-state index in [9.17, 15) is 5.21 Å². The smallest absolute Gasteiger partial charge is 0.148 e. The lowest BCUT2D eigenvalue weighted by Crippen LogP contribution is -2.55. The first-order chi connectivity index (χ1) is 6.69. The van der Waals surface area contributed by atoms with E-state index >= 15 is 0 Å². The molecule has 0 aromatic heterocycles. The highest BCUT2D eigenvalue weighted by Gasteiger charge is 2.44. The van der Waals surface area contributed by atoms with Crippen molar-refractivity contribution < 1.29 is 4.65 Å². The molecule has 1 saturated heterocycles. The van der Waals surface area contributed by atoms with Gasteiger partial charge in [0.05, 0.1) is 11.4 Å². The average Bonchev–Trinajstić information content (AvgIpc) is 2.45. The summed E-state index contributed by atoms with van der Waals surface area (Å²) in [4.78, 5) is 1.19. The predicted octanol–water partition coefficient (Wildman–Crippen LogP) is 1.61. The largest absolute Gasteiger partial charge is 0.631 e. The van der Waals surface area contributed by atoms with Crippen molar-refractivity contribution in [3.8, 4) is 0 Å². The Morgan fingerprint density at radius 1 is 1.64 bits per heavy atom. The van der Waals surface area contributed by atoms with Crippen LogP contribution < -0.4 is 0 Å². The maximum Gasteiger partial charge on any atom is 0.148 e. The molecule has 74 valence electrons. The van der Waals surface area contributed by atoms with Gasteiger partial charge in [-0.2, -0.15) is 4.31 Å². The van der Waals surface area contributed by atoms with Gasteiger partial charge in [0.2, 0.25) is 0 Å². The molecule has 0 aromatic rings. The van der Waals surface area contributed by atoms with E-state index in [0.717, 1.165) is 0 Å². The lowest BCUT2D eigenvalue weighted by Gasteiger charge is -2.51. The molecule has 2 heterocycles. The van der Waals surface area contributed by atoms with Crippen LogP contribution in [0.1, 0.15) is 0 Å². The van der Waals surface area contributed by atoms with Crippen molar-refractivity contribution in [2.45, 2.75) is 6.04 Å². The van der Waals surface area contributed by atoms with E-state index in [4.69, 9.17) is 0 Å². The van der Waals surface area contributed by atoms with Crippen molar-refractivity contribution in [1.29, 1.82) is 0 Å². The van der Waals surface area contributed by atoms with Gasteiger partial charge in [-0.25, -0.2) is 0 Å². The normalized spacial score (nSPS) is 40.6. The van der Waals surface area contributed by atoms with Crippen LogP contribution in [0.2, 0.25) is 0 Å². The lowest BCUT2D eigenvalue weighted by atomic mass is 10.0. The predicted molar refractivity (Wildman–Crippen MR) is 57.8 cm³/mol. The van der Waals surface area contributed by atoms with Crippen LogP contribution in [0.15, 0.2) is 34.8 Å². The van der Waals surface area contributed by atoms with E-state index in [1.807, 2.05) is 17.4 Å². The molecule has 3 aliphatic rings. The van der Waals surface area contributed by atoms with Crippen LogP contribution in [-0.4, -0.2) is 35.3 Å². The van der Waals surface area contributed by atoms with Gasteiger partial charge < -0.3 is 9.85 Å². The van der Waals surface area contributed by atoms with Crippen LogP contribution in [0.4, 0.5) is 0 Å². The number of allylic oxidation sites excluding steroid dienone is 2. The molecule has 3 rings (SSSR count). The summed E-state index contributed by atoms with van der Waals surface area (Å²) in [6, 6.07) is 0.0706. The Morgan fingerprint density at radius 2 is 2.50 bits per heavy atom. The van der Waals surface area contributed by atoms with Crippen LogP contribution in [0.3, 0.4) is 0 Å². The molecular weight excluding hydrogens is 196 g/mol. The zero-order chi connectivity index (χ0) is 9.76. The highest BCUT2D eigenvalue weighted by Crippen LogP contribution is 2.44. The minimum absolute atomic E-state index is 0.0706. The molecular formula is C10H12N2OS. The molecule has 2 unspecified atom stereocenters. The minimum atomic E-state index is -0.116. The van der Waals surface area contributed by atoms with E-state index in [1.54, 1.807) is 11.9 Å². The maximum atomic E-state index is 12.5. The molecule has 1 aliphatic carbocycles. The van der Waals surface area contributed by atoms with Gasteiger partial charge in [0, 0.05) is 12.6 Å². The summed E-state index contributed by atoms with van der Waals surface area (Å²) < 4.78 is 1.92. The lowest BCUT2D eigenvalue weighted by molar-refractivity contribution is -0.891. The summed E-state index contributed by atoms with van der Waals surface area (Å²) in [6.07, 6.45) is 8.26. The summed E-state index contributed by atoms with van der Waals surface area (Å²) >= 11 is 1.70. The first-order valence-corrected chi connectivity index (χ1v) is 5.52. The van der Waals surface area contributed by atoms with Gasteiger partial charge in [-0.1, -0.05) is 12.2 Å². The van der Waals surface area contributed by atoms with Gasteiger partial charge in [-0.15, -0.1) is 0 Å². The van der Waals surface area contributed by atoms with Gasteiger partial charge in [0.25, 0.3) is 0 Å². The van der Waals surface area contributed by atoms with Gasteiger partial charge in [0.15, 0.2) is 0 Å². The molecule has 1 fully saturated rings. The van der Waals surface area contributed by atoms with E-state index in [1.165, 1.54) is 10.5 Å². The monoisotopic (exact) mass is 208 g/mol. The van der Waals surface area contributed by atoms with Crippen molar-refractivity contribution >= 4 is 11.9 Å². The fourth-order valence-corrected chi connectivity index (χ4v) is 3.60. The molecule has 2 atom stereocenters. The molecule has 14 heavy (non-hydrogen) atoms. The first-order valence-electron chi connectivity index (χ1n) is 4.74. The SMILES string of the molecule is CN1C[N+]2([O-])CC=C3C=CC=C(S1)C32. The summed E-state index contributed by atoms with van der Waals surface area (Å²) in [5.74, 6) is 0. The van der Waals surface area contributed by atoms with Crippen LogP contribution in [0.25, 0.3) is 0 Å². The molecule has 0 amide bonds. The van der Waals surface area contributed by atoms with Crippen LogP contribution in [0, 0.1) is 5.21 Å². The Morgan fingerprint density at radius 3 is 3.36 bits per heavy atom. The second kappa shape index (κ2) is 2.73. The summed E-state index contributed by atoms with van der Waals surface area (Å²) in [5.41, 5.74) is 1.21. The molecule has 2 aliphatic heterocycles. The van der Waals surface area contributed by atoms with Gasteiger partial charge >= 0.3 is 0 Å². The Kier molecular flexibility index (Phi) is 1.70. The average molecular weight is 208 g/mol. The number of hydrogen-bond acceptors (Lipinski definition) is 3. The quantitative estimate of drug-likeness (QED) is 0.344. The Bertz CT molecular complexity index is 374. The number of nitrogens with zero attached hydrogens (tertiary/aromatic N) is 2. The highest BCUT2D eigenvalue weighted by molar-refractivity contribution is 8.00. The fraction of sp³-hybridized carbons (Fsp3) is 0.400. The summed E-state index contributed by atoms with van der Waals surface area (Å²) in [6.45, 7) is 1.20. The van der Waals surface area contributed by atoms with Crippen molar-refractivity contribution in [2.75, 3.05) is 20.3 Å². The first kappa shape index (κ1) is 8.73. The number of rotatable bonds is 0. The maximum absolute atomic E-state index is 12.5. The zero-order valence-corrected chi connectivity index (χ0v) is 8.83. The fourth-order valence-electron chi connectivity index (χ4n) is 2.41. The van der Waals surface area contributed by atoms with E-state index < -0.39 is 0 Å². The minimum Gasteiger partial charge on any atom is -0.631 e. The Labute approximate surface area is 87.7 Å². The highest BCUT2D eigenvalue weighted by atomic mass is 32.2. The molecule has 0 N–H and O–H groups in total. The molecule has 0 radical (unpaired) electrons. The molecule has 0 bridgehead atoms. The summed E-state index contributed by atoms with van der Waals surface area (Å²) in [5, 5.41) is 12.5. The van der Waals surface area contributed by atoms with Gasteiger partial charge in [0.1, 0.15) is 12.7 Å². The van der Waals surface area contributed by atoms with E-state index in [0.29, 0.717) is 13.2 Å². The number of quaternary nitrogens is 1. The molecule has 0 aromatic carbocycles. The number of hydroxylamine groups is 3. The zero-order valence-electron chi connectivity index (χ0n) is 8.01. The van der Waals surface area contributed by atoms with Crippen molar-refractivity contribution in [3.05, 3.63) is 40.0 Å². The Hall–Kier alpha value is -0.550. The molecule has 3 nitrogen and oxygen atoms in total. The van der Waals surface area contributed by atoms with E-state index in [2.05, 4.69) is 18.2 Å². The Balaban J connectivity index is 2.08. The van der Waals surface area contributed by atoms with E-state index in [-0.39, 0.29) is 10.7 Å². The third-order valence-electron chi connectivity index (χ3n) is 2.94. The second-order valence-electron chi connectivity index (χ2n) is 4.03. The van der Waals surface area contributed by atoms with Crippen molar-refractivity contribution in [2.24, 2.45) is 0 Å². The topological polar surface area (TPSA) is 26.3 Å². The van der Waals surface area contributed by atoms with Crippen molar-refractivity contribution in [1.82, 2.24) is 4.31 Å². The molecule has 4 heteroatoms. The number of hydrogen-bond donors (Lipinski definition) is 0. The van der Waals surface area contributed by atoms with Crippen molar-refractivity contribution in [3.63, 3.8) is 0 Å². The standard InChI is InChI=1S/C10H12N2OS/c1-11-7-12(13)6-5-8-3-2-4-9(14-11)10(8)12/h2-5,10H,6-7H2,1H3. The third kappa shape index (κ3) is 1.05. The van der Waals surface area contributed by atoms with Crippen LogP contribution in [-0.2, 0) is 0 Å². The molecule has 0 spiro atoms. The van der Waals surface area contributed by atoms with Gasteiger partial charge in [-0.05, 0) is 24.1 Å². The summed E-state index contributed by atoms with van der Waals surface area (Å²) in [7, 11) is 1.98. The third-order valence-corrected chi connectivity index (χ3v) is 3.94. The van der Waals surface area contributed by atoms with Crippen LogP contribution in [0.5, 0.6) is 0 Å².